The molecule has 0 bridgehead atoms. The molecule has 0 aliphatic rings. The van der Waals surface area contributed by atoms with Crippen LogP contribution in [0.25, 0.3) is 0 Å². The molecule has 0 fully saturated rings. The molecular weight excluding hydrogens is 525 g/mol. The maximum absolute atomic E-state index is 13.4. The van der Waals surface area contributed by atoms with Gasteiger partial charge in [-0.15, -0.1) is 0 Å². The van der Waals surface area contributed by atoms with Crippen molar-refractivity contribution in [2.75, 3.05) is 6.61 Å². The topological polar surface area (TPSA) is 50.1 Å². The van der Waals surface area contributed by atoms with E-state index in [1.165, 1.54) is 0 Å². The van der Waals surface area contributed by atoms with E-state index in [9.17, 15) is 79.4 Å². The summed E-state index contributed by atoms with van der Waals surface area (Å²) < 4.78 is 224. The first-order valence-corrected chi connectivity index (χ1v) is 7.44. The molecule has 0 rings (SSSR count). The van der Waals surface area contributed by atoms with Crippen LogP contribution in [0.15, 0.2) is 0 Å². The number of carbonyl (C=O) groups is 1. The van der Waals surface area contributed by atoms with Crippen molar-refractivity contribution in [1.82, 2.24) is 0 Å². The molecule has 0 aromatic heterocycles. The quantitative estimate of drug-likeness (QED) is 0.263. The maximum Gasteiger partial charge on any atom is 0.460 e. The van der Waals surface area contributed by atoms with Crippen molar-refractivity contribution >= 4 is 5.97 Å². The molecule has 0 saturated heterocycles. The highest BCUT2D eigenvalue weighted by molar-refractivity contribution is 5.71. The van der Waals surface area contributed by atoms with E-state index in [0.29, 0.717) is 0 Å². The normalized spacial score (nSPS) is 15.3. The molecule has 3 nitrogen and oxygen atoms in total. The van der Waals surface area contributed by atoms with E-state index < -0.39 is 73.1 Å². The monoisotopic (exact) mass is 531 g/mol. The second-order valence-electron chi connectivity index (χ2n) is 5.95. The lowest BCUT2D eigenvalue weighted by Crippen LogP contribution is -2.74. The molecule has 33 heavy (non-hydrogen) atoms. The van der Waals surface area contributed by atoms with Crippen molar-refractivity contribution < 1.29 is 84.2 Å². The number of esters is 1. The summed E-state index contributed by atoms with van der Waals surface area (Å²) >= 11 is 0. The van der Waals surface area contributed by atoms with Crippen LogP contribution >= 0.6 is 0 Å². The van der Waals surface area contributed by atoms with Crippen molar-refractivity contribution in [3.63, 3.8) is 0 Å². The fraction of sp³-hybridized carbons (Fsp3) is 0.846. The number of alkyl halides is 17. The fourth-order valence-electron chi connectivity index (χ4n) is 1.76. The molecule has 0 aliphatic heterocycles. The number of ether oxygens (including phenoxy) is 1. The molecular formula is C13H6F17NO2. The number of nitriles is 1. The van der Waals surface area contributed by atoms with Gasteiger partial charge in [0, 0.05) is 0 Å². The van der Waals surface area contributed by atoms with Gasteiger partial charge in [0.25, 0.3) is 0 Å². The predicted octanol–water partition coefficient (Wildman–Crippen LogP) is 5.84. The first-order valence-electron chi connectivity index (χ1n) is 7.44. The number of rotatable bonds is 10. The number of hydrogen-bond acceptors (Lipinski definition) is 3. The Morgan fingerprint density at radius 1 is 0.606 bits per heavy atom. The van der Waals surface area contributed by atoms with Crippen LogP contribution in [0.2, 0.25) is 0 Å². The van der Waals surface area contributed by atoms with Crippen molar-refractivity contribution in [3.05, 3.63) is 0 Å². The van der Waals surface area contributed by atoms with Gasteiger partial charge >= 0.3 is 53.6 Å². The molecule has 0 amide bonds. The predicted molar refractivity (Wildman–Crippen MR) is 66.5 cm³/mol. The van der Waals surface area contributed by atoms with Crippen molar-refractivity contribution in [1.29, 1.82) is 5.26 Å². The van der Waals surface area contributed by atoms with Gasteiger partial charge in [0.15, 0.2) is 0 Å². The lowest BCUT2D eigenvalue weighted by Gasteiger charge is -2.42. The molecule has 0 radical (unpaired) electrons. The average Bonchev–Trinajstić information content (AvgIpc) is 2.59. The average molecular weight is 531 g/mol. The molecule has 0 unspecified atom stereocenters. The Hall–Kier alpha value is -2.23. The minimum atomic E-state index is -8.69. The maximum atomic E-state index is 13.4. The number of carbonyl (C=O) groups excluding carboxylic acids is 1. The van der Waals surface area contributed by atoms with Gasteiger partial charge in [0.1, 0.15) is 6.42 Å². The summed E-state index contributed by atoms with van der Waals surface area (Å²) in [6, 6.07) is 1.02. The Labute approximate surface area is 170 Å². The molecule has 0 aliphatic carbocycles. The molecule has 0 aromatic rings. The van der Waals surface area contributed by atoms with E-state index in [-0.39, 0.29) is 0 Å². The minimum Gasteiger partial charge on any atom is -0.465 e. The Bertz CT molecular complexity index is 764. The minimum absolute atomic E-state index is 1.02. The third-order valence-electron chi connectivity index (χ3n) is 3.69. The first-order chi connectivity index (χ1) is 14.2. The van der Waals surface area contributed by atoms with Crippen LogP contribution in [0, 0.1) is 11.3 Å². The highest BCUT2D eigenvalue weighted by atomic mass is 19.4. The van der Waals surface area contributed by atoms with Crippen LogP contribution in [0.1, 0.15) is 12.8 Å². The lowest BCUT2D eigenvalue weighted by molar-refractivity contribution is -0.461. The summed E-state index contributed by atoms with van der Waals surface area (Å²) in [5, 5.41) is 8.01. The Balaban J connectivity index is 6.32. The van der Waals surface area contributed by atoms with Crippen LogP contribution in [-0.4, -0.2) is 60.2 Å². The van der Waals surface area contributed by atoms with E-state index in [4.69, 9.17) is 5.26 Å². The summed E-state index contributed by atoms with van der Waals surface area (Å²) in [7, 11) is 0. The summed E-state index contributed by atoms with van der Waals surface area (Å²) in [5.74, 6) is -58.7. The van der Waals surface area contributed by atoms with Gasteiger partial charge in [-0.25, -0.2) is 0 Å². The highest BCUT2D eigenvalue weighted by Gasteiger charge is 2.95. The molecule has 0 aromatic carbocycles. The van der Waals surface area contributed by atoms with Crippen LogP contribution < -0.4 is 0 Å². The van der Waals surface area contributed by atoms with Crippen molar-refractivity contribution in [3.8, 4) is 6.07 Å². The van der Waals surface area contributed by atoms with Gasteiger partial charge < -0.3 is 4.74 Å². The van der Waals surface area contributed by atoms with E-state index in [2.05, 4.69) is 4.74 Å². The summed E-state index contributed by atoms with van der Waals surface area (Å²) in [4.78, 5) is 10.7. The molecule has 0 heterocycles. The number of halogens is 17. The number of nitrogens with zero attached hydrogens (tertiary/aromatic N) is 1. The van der Waals surface area contributed by atoms with E-state index in [1.807, 2.05) is 0 Å². The van der Waals surface area contributed by atoms with Gasteiger partial charge in [0.2, 0.25) is 0 Å². The van der Waals surface area contributed by atoms with Gasteiger partial charge in [-0.05, 0) is 0 Å². The summed E-state index contributed by atoms with van der Waals surface area (Å²) in [6.45, 7) is -2.07. The van der Waals surface area contributed by atoms with Gasteiger partial charge in [-0.2, -0.15) is 79.9 Å². The van der Waals surface area contributed by atoms with Gasteiger partial charge in [-0.1, -0.05) is 0 Å². The molecule has 20 heteroatoms. The third kappa shape index (κ3) is 4.58. The second-order valence-corrected chi connectivity index (χ2v) is 5.95. The number of hydrogen-bond donors (Lipinski definition) is 0. The SMILES string of the molecule is N#CCC(=O)OCCC(F)(F)C(F)(F)C(F)(F)C(F)(F)C(F)(F)C(F)(F)C(F)(F)C(F)(F)F. The van der Waals surface area contributed by atoms with E-state index >= 15 is 0 Å². The fourth-order valence-corrected chi connectivity index (χ4v) is 1.76. The zero-order valence-corrected chi connectivity index (χ0v) is 14.8. The Kier molecular flexibility index (Phi) is 7.95. The zero-order valence-electron chi connectivity index (χ0n) is 14.8. The highest BCUT2D eigenvalue weighted by Crippen LogP contribution is 2.64. The lowest BCUT2D eigenvalue weighted by atomic mass is 9.88. The Morgan fingerprint density at radius 2 is 0.939 bits per heavy atom. The van der Waals surface area contributed by atoms with E-state index in [0.717, 1.165) is 6.07 Å². The van der Waals surface area contributed by atoms with Crippen LogP contribution in [0.4, 0.5) is 74.6 Å². The molecule has 0 atom stereocenters. The van der Waals surface area contributed by atoms with E-state index in [1.54, 1.807) is 0 Å². The molecule has 0 N–H and O–H groups in total. The van der Waals surface area contributed by atoms with Crippen LogP contribution in [-0.2, 0) is 9.53 Å². The molecule has 194 valence electrons. The van der Waals surface area contributed by atoms with Crippen molar-refractivity contribution in [2.24, 2.45) is 0 Å². The molecule has 0 spiro atoms. The van der Waals surface area contributed by atoms with Crippen molar-refractivity contribution in [2.45, 2.75) is 60.5 Å². The zero-order chi connectivity index (χ0) is 27.1. The standard InChI is InChI=1S/C13H6F17NO2/c14-6(15,2-4-33-5(32)1-3-31)7(16,17)8(18,19)9(20,21)10(22,23)11(24,25)12(26,27)13(28,29)30/h1-2,4H2. The van der Waals surface area contributed by atoms with Gasteiger partial charge in [-0.3, -0.25) is 4.79 Å². The molecule has 0 saturated carbocycles. The summed E-state index contributed by atoms with van der Waals surface area (Å²) in [5.41, 5.74) is 0. The van der Waals surface area contributed by atoms with Gasteiger partial charge in [0.05, 0.1) is 19.1 Å². The second kappa shape index (κ2) is 8.52. The summed E-state index contributed by atoms with van der Waals surface area (Å²) in [6.07, 6.45) is -11.9. The largest absolute Gasteiger partial charge is 0.465 e. The smallest absolute Gasteiger partial charge is 0.460 e. The Morgan fingerprint density at radius 3 is 1.27 bits per heavy atom. The van der Waals surface area contributed by atoms with Crippen LogP contribution in [0.3, 0.4) is 0 Å². The van der Waals surface area contributed by atoms with Crippen LogP contribution in [0.5, 0.6) is 0 Å². The third-order valence-corrected chi connectivity index (χ3v) is 3.69. The first kappa shape index (κ1) is 30.8.